The van der Waals surface area contributed by atoms with Crippen molar-refractivity contribution in [3.8, 4) is 11.4 Å². The highest BCUT2D eigenvalue weighted by Crippen LogP contribution is 2.18. The number of hydrogen-bond acceptors (Lipinski definition) is 5. The molecular weight excluding hydrogens is 364 g/mol. The molecule has 1 N–H and O–H groups in total. The highest BCUT2D eigenvalue weighted by Gasteiger charge is 2.20. The van der Waals surface area contributed by atoms with E-state index in [1.54, 1.807) is 22.9 Å². The Hall–Kier alpha value is -2.74. The second kappa shape index (κ2) is 7.48. The summed E-state index contributed by atoms with van der Waals surface area (Å²) in [5.41, 5.74) is -0.650. The summed E-state index contributed by atoms with van der Waals surface area (Å²) in [5, 5.41) is 4.91. The van der Waals surface area contributed by atoms with E-state index in [1.165, 1.54) is 11.3 Å². The van der Waals surface area contributed by atoms with Gasteiger partial charge in [-0.25, -0.2) is 4.79 Å². The van der Waals surface area contributed by atoms with Crippen LogP contribution in [0.4, 0.5) is 0 Å². The van der Waals surface area contributed by atoms with Crippen molar-refractivity contribution in [3.63, 3.8) is 0 Å². The number of rotatable bonds is 5. The molecule has 8 heteroatoms. The maximum atomic E-state index is 12.8. The molecule has 0 bridgehead atoms. The van der Waals surface area contributed by atoms with Crippen molar-refractivity contribution in [2.24, 2.45) is 0 Å². The quantitative estimate of drug-likeness (QED) is 0.725. The fourth-order valence-electron chi connectivity index (χ4n) is 3.54. The molecule has 27 heavy (non-hydrogen) atoms. The number of nitrogens with zero attached hydrogens (tertiary/aromatic N) is 3. The predicted octanol–water partition coefficient (Wildman–Crippen LogP) is 1.68. The Labute approximate surface area is 159 Å². The van der Waals surface area contributed by atoms with Gasteiger partial charge in [0.1, 0.15) is 6.54 Å². The minimum absolute atomic E-state index is 0.0364. The third-order valence-electron chi connectivity index (χ3n) is 4.88. The van der Waals surface area contributed by atoms with E-state index in [9.17, 15) is 14.4 Å². The third kappa shape index (κ3) is 3.71. The van der Waals surface area contributed by atoms with Gasteiger partial charge in [0.05, 0.1) is 12.1 Å². The van der Waals surface area contributed by atoms with Crippen molar-refractivity contribution in [1.82, 2.24) is 19.4 Å². The third-order valence-corrected chi connectivity index (χ3v) is 5.74. The number of hydrogen-bond donors (Lipinski definition) is 1. The molecule has 1 amide bonds. The monoisotopic (exact) mass is 384 g/mol. The minimum Gasteiger partial charge on any atom is -0.352 e. The lowest BCUT2D eigenvalue weighted by atomic mass is 10.2. The minimum atomic E-state index is -0.600. The van der Waals surface area contributed by atoms with Crippen LogP contribution >= 0.6 is 11.3 Å². The number of carbonyl (C=O) groups is 1. The Morgan fingerprint density at radius 3 is 2.78 bits per heavy atom. The van der Waals surface area contributed by atoms with Crippen LogP contribution in [0.2, 0.25) is 0 Å². The number of nitrogens with one attached hydrogen (secondary N) is 1. The van der Waals surface area contributed by atoms with E-state index in [0.29, 0.717) is 5.56 Å². The number of amides is 1. The molecule has 3 heterocycles. The SMILES string of the molecule is O=C(Cn1cccc2c(=O)n(Cc3cccs3)c(=O)nc1-2)NC1CCCC1. The van der Waals surface area contributed by atoms with Crippen LogP contribution in [-0.2, 0) is 17.9 Å². The maximum Gasteiger partial charge on any atom is 0.352 e. The number of pyridine rings is 1. The fourth-order valence-corrected chi connectivity index (χ4v) is 4.23. The molecule has 140 valence electrons. The molecule has 0 saturated heterocycles. The predicted molar refractivity (Wildman–Crippen MR) is 103 cm³/mol. The van der Waals surface area contributed by atoms with Crippen LogP contribution in [0.15, 0.2) is 45.4 Å². The zero-order chi connectivity index (χ0) is 18.8. The summed E-state index contributed by atoms with van der Waals surface area (Å²) in [7, 11) is 0. The molecule has 1 fully saturated rings. The molecule has 0 spiro atoms. The number of thiophene rings is 1. The van der Waals surface area contributed by atoms with Crippen molar-refractivity contribution < 1.29 is 4.79 Å². The molecule has 3 aliphatic rings. The summed E-state index contributed by atoms with van der Waals surface area (Å²) in [6, 6.07) is 7.31. The van der Waals surface area contributed by atoms with E-state index in [1.807, 2.05) is 17.5 Å². The van der Waals surface area contributed by atoms with Gasteiger partial charge in [-0.05, 0) is 36.4 Å². The second-order valence-corrected chi connectivity index (χ2v) is 7.82. The molecule has 7 nitrogen and oxygen atoms in total. The van der Waals surface area contributed by atoms with Gasteiger partial charge in [-0.15, -0.1) is 11.3 Å². The number of fused-ring (bicyclic) bond motifs is 1. The Morgan fingerprint density at radius 1 is 1.22 bits per heavy atom. The lowest BCUT2D eigenvalue weighted by Gasteiger charge is -2.16. The van der Waals surface area contributed by atoms with Crippen LogP contribution in [0.3, 0.4) is 0 Å². The van der Waals surface area contributed by atoms with Crippen LogP contribution in [0.25, 0.3) is 11.4 Å². The highest BCUT2D eigenvalue weighted by molar-refractivity contribution is 7.09. The van der Waals surface area contributed by atoms with E-state index in [-0.39, 0.29) is 36.4 Å². The molecule has 0 atom stereocenters. The summed E-state index contributed by atoms with van der Waals surface area (Å²) in [6.07, 6.45) is 5.95. The van der Waals surface area contributed by atoms with Gasteiger partial charge in [-0.3, -0.25) is 14.2 Å². The molecule has 1 saturated carbocycles. The highest BCUT2D eigenvalue weighted by atomic mass is 32.1. The molecule has 0 radical (unpaired) electrons. The molecule has 1 aromatic rings. The van der Waals surface area contributed by atoms with Crippen LogP contribution in [-0.4, -0.2) is 26.1 Å². The first-order valence-electron chi connectivity index (χ1n) is 9.03. The number of aromatic nitrogens is 3. The maximum absolute atomic E-state index is 12.8. The van der Waals surface area contributed by atoms with Crippen molar-refractivity contribution in [1.29, 1.82) is 0 Å². The fraction of sp³-hybridized carbons (Fsp3) is 0.368. The summed E-state index contributed by atoms with van der Waals surface area (Å²) in [5.74, 6) is 0.118. The van der Waals surface area contributed by atoms with Crippen LogP contribution in [0.1, 0.15) is 30.6 Å². The molecule has 2 aliphatic heterocycles. The van der Waals surface area contributed by atoms with Gasteiger partial charge in [0.2, 0.25) is 5.91 Å². The summed E-state index contributed by atoms with van der Waals surface area (Å²) in [6.45, 7) is 0.240. The lowest BCUT2D eigenvalue weighted by molar-refractivity contribution is -0.122. The van der Waals surface area contributed by atoms with E-state index >= 15 is 0 Å². The van der Waals surface area contributed by atoms with Crippen LogP contribution in [0, 0.1) is 0 Å². The van der Waals surface area contributed by atoms with E-state index in [2.05, 4.69) is 10.3 Å². The molecular formula is C19H20N4O3S. The van der Waals surface area contributed by atoms with Gasteiger partial charge in [0.25, 0.3) is 5.56 Å². The summed E-state index contributed by atoms with van der Waals surface area (Å²) in [4.78, 5) is 42.6. The lowest BCUT2D eigenvalue weighted by Crippen LogP contribution is -2.39. The van der Waals surface area contributed by atoms with Gasteiger partial charge in [-0.1, -0.05) is 18.9 Å². The first kappa shape index (κ1) is 17.7. The Balaban J connectivity index is 1.64. The van der Waals surface area contributed by atoms with Gasteiger partial charge in [0.15, 0.2) is 5.82 Å². The molecule has 1 aromatic heterocycles. The average molecular weight is 384 g/mol. The van der Waals surface area contributed by atoms with Crippen LogP contribution in [0.5, 0.6) is 0 Å². The van der Waals surface area contributed by atoms with Gasteiger partial charge in [-0.2, -0.15) is 4.98 Å². The van der Waals surface area contributed by atoms with Gasteiger partial charge >= 0.3 is 5.69 Å². The molecule has 0 aromatic carbocycles. The first-order valence-corrected chi connectivity index (χ1v) is 9.91. The molecule has 0 unspecified atom stereocenters. The molecule has 1 aliphatic carbocycles. The van der Waals surface area contributed by atoms with Crippen molar-refractivity contribution >= 4 is 17.2 Å². The normalized spacial score (nSPS) is 14.7. The topological polar surface area (TPSA) is 86.0 Å². The van der Waals surface area contributed by atoms with Crippen molar-refractivity contribution in [2.45, 2.75) is 44.8 Å². The van der Waals surface area contributed by atoms with Gasteiger partial charge in [0, 0.05) is 17.1 Å². The van der Waals surface area contributed by atoms with E-state index < -0.39 is 5.69 Å². The summed E-state index contributed by atoms with van der Waals surface area (Å²) < 4.78 is 2.70. The van der Waals surface area contributed by atoms with E-state index in [4.69, 9.17) is 0 Å². The van der Waals surface area contributed by atoms with Crippen molar-refractivity contribution in [2.75, 3.05) is 0 Å². The van der Waals surface area contributed by atoms with Gasteiger partial charge < -0.3 is 9.88 Å². The Kier molecular flexibility index (Phi) is 4.89. The average Bonchev–Trinajstić information content (AvgIpc) is 3.33. The first-order chi connectivity index (χ1) is 13.1. The largest absolute Gasteiger partial charge is 0.352 e. The van der Waals surface area contributed by atoms with Crippen LogP contribution < -0.4 is 16.6 Å². The smallest absolute Gasteiger partial charge is 0.352 e. The second-order valence-electron chi connectivity index (χ2n) is 6.79. The Bertz CT molecular complexity index is 1030. The zero-order valence-electron chi connectivity index (χ0n) is 14.8. The standard InChI is InChI=1S/C19H20N4O3S/c24-16(20-13-5-1-2-6-13)12-22-9-3-8-15-17(22)21-19(26)23(18(15)25)11-14-7-4-10-27-14/h3-4,7-10,13H,1-2,5-6,11-12H2,(H,20,24). The Morgan fingerprint density at radius 2 is 2.04 bits per heavy atom. The zero-order valence-corrected chi connectivity index (χ0v) is 15.6. The van der Waals surface area contributed by atoms with Crippen molar-refractivity contribution in [3.05, 3.63) is 61.6 Å². The number of carbonyl (C=O) groups excluding carboxylic acids is 1. The van der Waals surface area contributed by atoms with E-state index in [0.717, 1.165) is 35.1 Å². The summed E-state index contributed by atoms with van der Waals surface area (Å²) >= 11 is 1.48. The molecule has 4 rings (SSSR count).